The number of rotatable bonds is 12. The summed E-state index contributed by atoms with van der Waals surface area (Å²) in [7, 11) is -0.637. The molecule has 0 radical (unpaired) electrons. The number of ether oxygens (including phenoxy) is 3. The van der Waals surface area contributed by atoms with Gasteiger partial charge in [0.15, 0.2) is 19.8 Å². The molecule has 0 saturated carbocycles. The van der Waals surface area contributed by atoms with Crippen LogP contribution in [-0.2, 0) is 15.8 Å². The van der Waals surface area contributed by atoms with E-state index in [1.165, 1.54) is 19.5 Å². The van der Waals surface area contributed by atoms with Crippen LogP contribution in [0.1, 0.15) is 48.7 Å². The number of anilines is 1. The van der Waals surface area contributed by atoms with E-state index in [1.807, 2.05) is 30.3 Å². The fourth-order valence-corrected chi connectivity index (χ4v) is 5.72. The predicted molar refractivity (Wildman–Crippen MR) is 182 cm³/mol. The zero-order chi connectivity index (χ0) is 33.3. The Morgan fingerprint density at radius 3 is 2.48 bits per heavy atom. The number of methoxy groups -OCH3 is 1. The first-order chi connectivity index (χ1) is 21.9. The van der Waals surface area contributed by atoms with E-state index in [4.69, 9.17) is 18.6 Å². The van der Waals surface area contributed by atoms with Crippen LogP contribution >= 0.6 is 0 Å². The van der Waals surface area contributed by atoms with Gasteiger partial charge >= 0.3 is 6.09 Å². The van der Waals surface area contributed by atoms with E-state index in [0.717, 1.165) is 16.7 Å². The van der Waals surface area contributed by atoms with E-state index in [9.17, 15) is 9.59 Å². The van der Waals surface area contributed by atoms with Gasteiger partial charge in [-0.1, -0.05) is 69.8 Å². The van der Waals surface area contributed by atoms with Crippen molar-refractivity contribution in [2.45, 2.75) is 58.0 Å². The highest BCUT2D eigenvalue weighted by molar-refractivity contribution is 6.74. The minimum Gasteiger partial charge on any atom is -0.493 e. The van der Waals surface area contributed by atoms with E-state index in [1.54, 1.807) is 29.4 Å². The van der Waals surface area contributed by atoms with E-state index in [-0.39, 0.29) is 41.5 Å². The number of carbonyl (C=O) groups is 2. The van der Waals surface area contributed by atoms with Crippen LogP contribution in [0, 0.1) is 0 Å². The molecule has 0 spiro atoms. The predicted octanol–water partition coefficient (Wildman–Crippen LogP) is 7.12. The summed E-state index contributed by atoms with van der Waals surface area (Å²) in [6.07, 6.45) is 8.45. The van der Waals surface area contributed by atoms with Crippen molar-refractivity contribution in [3.8, 4) is 11.5 Å². The first-order valence-electron chi connectivity index (χ1n) is 15.3. The zero-order valence-corrected chi connectivity index (χ0v) is 28.5. The maximum Gasteiger partial charge on any atom is 0.411 e. The lowest BCUT2D eigenvalue weighted by molar-refractivity contribution is 0.0654. The van der Waals surface area contributed by atoms with Crippen molar-refractivity contribution < 1.29 is 28.2 Å². The largest absolute Gasteiger partial charge is 0.493 e. The van der Waals surface area contributed by atoms with Crippen LogP contribution in [-0.4, -0.2) is 68.1 Å². The Morgan fingerprint density at radius 1 is 1.11 bits per heavy atom. The summed E-state index contributed by atoms with van der Waals surface area (Å²) in [6, 6.07) is 12.5. The minimum absolute atomic E-state index is 0.0118. The summed E-state index contributed by atoms with van der Waals surface area (Å²) >= 11 is 0. The molecule has 46 heavy (non-hydrogen) atoms. The maximum absolute atomic E-state index is 14.5. The molecule has 1 N–H and O–H groups in total. The molecule has 3 aromatic rings. The van der Waals surface area contributed by atoms with E-state index in [2.05, 4.69) is 61.8 Å². The molecule has 0 unspecified atom stereocenters. The lowest BCUT2D eigenvalue weighted by Gasteiger charge is -2.40. The summed E-state index contributed by atoms with van der Waals surface area (Å²) in [5.41, 5.74) is 3.37. The van der Waals surface area contributed by atoms with Crippen LogP contribution in [0.5, 0.6) is 11.5 Å². The highest BCUT2D eigenvalue weighted by atomic mass is 28.4. The smallest absolute Gasteiger partial charge is 0.411 e. The first kappa shape index (κ1) is 34.4. The second-order valence-corrected chi connectivity index (χ2v) is 17.4. The van der Waals surface area contributed by atoms with Crippen molar-refractivity contribution in [3.05, 3.63) is 96.6 Å². The molecule has 11 heteroatoms. The lowest BCUT2D eigenvalue weighted by atomic mass is 9.97. The fraction of sp³-hybridized carbons (Fsp3) is 0.371. The molecular formula is C35H44N4O6Si. The Morgan fingerprint density at radius 2 is 1.83 bits per heavy atom. The fourth-order valence-electron chi connectivity index (χ4n) is 4.70. The molecule has 1 atom stereocenters. The number of aromatic nitrogens is 2. The molecule has 2 heterocycles. The van der Waals surface area contributed by atoms with Gasteiger partial charge < -0.3 is 23.5 Å². The van der Waals surface area contributed by atoms with E-state index in [0.29, 0.717) is 31.1 Å². The number of benzene rings is 2. The highest BCUT2D eigenvalue weighted by Crippen LogP contribution is 2.39. The highest BCUT2D eigenvalue weighted by Gasteiger charge is 2.39. The van der Waals surface area contributed by atoms with E-state index >= 15 is 0 Å². The van der Waals surface area contributed by atoms with Gasteiger partial charge in [0.05, 0.1) is 31.0 Å². The van der Waals surface area contributed by atoms with Crippen LogP contribution in [0.25, 0.3) is 5.57 Å². The van der Waals surface area contributed by atoms with Crippen LogP contribution in [0.15, 0.2) is 79.9 Å². The van der Waals surface area contributed by atoms with Gasteiger partial charge in [-0.3, -0.25) is 10.1 Å². The van der Waals surface area contributed by atoms with Crippen molar-refractivity contribution in [2.24, 2.45) is 0 Å². The Labute approximate surface area is 272 Å². The zero-order valence-electron chi connectivity index (χ0n) is 27.5. The molecule has 1 aliphatic heterocycles. The van der Waals surface area contributed by atoms with Gasteiger partial charge in [-0.2, -0.15) is 0 Å². The molecule has 1 aliphatic rings. The van der Waals surface area contributed by atoms with Crippen LogP contribution in [0.4, 0.5) is 10.5 Å². The molecule has 0 fully saturated rings. The standard InChI is InChI=1S/C35H44N4O6Si/c1-8-16-43-34(41)38-30-19-32(44-22-25-12-10-9-11-13-25)31(42-5)18-29(30)33(40)39-15-14-26(27-20-36-24-37-21-27)17-28(39)23-45-46(6,7)35(2,3)4/h8-13,17-21,24,28H,1,14-16,22-23H2,2-7H3,(H,38,41)/t28-/m0/s1. The number of carbonyl (C=O) groups excluding carboxylic acids is 2. The molecule has 0 bridgehead atoms. The summed E-state index contributed by atoms with van der Waals surface area (Å²) in [4.78, 5) is 37.3. The monoisotopic (exact) mass is 644 g/mol. The molecule has 2 amide bonds. The Hall–Kier alpha value is -4.48. The van der Waals surface area contributed by atoms with Gasteiger partial charge in [0.1, 0.15) is 19.5 Å². The van der Waals surface area contributed by atoms with Crippen LogP contribution in [0.2, 0.25) is 18.1 Å². The van der Waals surface area contributed by atoms with Crippen molar-refractivity contribution in [1.29, 1.82) is 0 Å². The number of amides is 2. The van der Waals surface area contributed by atoms with Crippen molar-refractivity contribution in [1.82, 2.24) is 14.9 Å². The average molecular weight is 645 g/mol. The maximum atomic E-state index is 14.5. The lowest BCUT2D eigenvalue weighted by Crippen LogP contribution is -2.49. The summed E-state index contributed by atoms with van der Waals surface area (Å²) in [5.74, 6) is 0.424. The third-order valence-electron chi connectivity index (χ3n) is 8.37. The summed E-state index contributed by atoms with van der Waals surface area (Å²) in [5, 5.41) is 2.72. The van der Waals surface area contributed by atoms with Gasteiger partial charge in [-0.15, -0.1) is 0 Å². The topological polar surface area (TPSA) is 112 Å². The Kier molecular flexibility index (Phi) is 11.4. The average Bonchev–Trinajstić information content (AvgIpc) is 3.05. The van der Waals surface area contributed by atoms with E-state index < -0.39 is 14.4 Å². The third kappa shape index (κ3) is 8.61. The number of nitrogens with zero attached hydrogens (tertiary/aromatic N) is 3. The Bertz CT molecular complexity index is 1540. The number of hydrogen-bond donors (Lipinski definition) is 1. The molecule has 1 aromatic heterocycles. The molecule has 2 aromatic carbocycles. The molecule has 244 valence electrons. The molecule has 10 nitrogen and oxygen atoms in total. The van der Waals surface area contributed by atoms with Crippen LogP contribution in [0.3, 0.4) is 0 Å². The van der Waals surface area contributed by atoms with Crippen molar-refractivity contribution in [2.75, 3.05) is 32.2 Å². The number of nitrogens with one attached hydrogen (secondary N) is 1. The van der Waals surface area contributed by atoms with Gasteiger partial charge in [0.25, 0.3) is 5.91 Å². The summed E-state index contributed by atoms with van der Waals surface area (Å²) in [6.45, 7) is 15.5. The third-order valence-corrected chi connectivity index (χ3v) is 12.9. The molecule has 0 saturated heterocycles. The van der Waals surface area contributed by atoms with Crippen molar-refractivity contribution in [3.63, 3.8) is 0 Å². The summed E-state index contributed by atoms with van der Waals surface area (Å²) < 4.78 is 23.6. The van der Waals surface area contributed by atoms with Crippen LogP contribution < -0.4 is 14.8 Å². The molecule has 0 aliphatic carbocycles. The van der Waals surface area contributed by atoms with Gasteiger partial charge in [0, 0.05) is 30.6 Å². The molecule has 4 rings (SSSR count). The minimum atomic E-state index is -2.15. The van der Waals surface area contributed by atoms with Gasteiger partial charge in [-0.25, -0.2) is 14.8 Å². The van der Waals surface area contributed by atoms with Gasteiger partial charge in [0.2, 0.25) is 0 Å². The second-order valence-electron chi connectivity index (χ2n) is 12.5. The number of hydrogen-bond acceptors (Lipinski definition) is 8. The second kappa shape index (κ2) is 15.2. The SMILES string of the molecule is C=CCOC(=O)Nc1cc(OCc2ccccc2)c(OC)cc1C(=O)N1CCC(c2cncnc2)=C[C@H]1CO[Si](C)(C)C(C)(C)C. The van der Waals surface area contributed by atoms with Gasteiger partial charge in [-0.05, 0) is 41.8 Å². The first-order valence-corrected chi connectivity index (χ1v) is 18.2. The normalized spacial score (nSPS) is 15.0. The van der Waals surface area contributed by atoms with Crippen molar-refractivity contribution >= 4 is 31.6 Å². The molecular weight excluding hydrogens is 600 g/mol. The quantitative estimate of drug-likeness (QED) is 0.164. The Balaban J connectivity index is 1.71.